The second kappa shape index (κ2) is 9.76. The molecule has 9 heteroatoms. The average Bonchev–Trinajstić information content (AvgIpc) is 2.82. The van der Waals surface area contributed by atoms with E-state index < -0.39 is 17.8 Å². The molecule has 1 fully saturated rings. The van der Waals surface area contributed by atoms with Gasteiger partial charge in [0.25, 0.3) is 11.8 Å². The molecule has 1 N–H and O–H groups in total. The summed E-state index contributed by atoms with van der Waals surface area (Å²) in [6, 6.07) is 16.4. The fourth-order valence-electron chi connectivity index (χ4n) is 3.34. The molecular formula is C25H18ClFN2O5. The van der Waals surface area contributed by atoms with E-state index in [1.54, 1.807) is 48.5 Å². The molecule has 4 rings (SSSR count). The standard InChI is InChI=1S/C25H18ClFN2O5/c1-33-22-13-15(10-11-21(22)34-14-16-6-2-4-8-19(16)27)12-17-23(30)28-25(32)29(24(17)31)20-9-5-3-7-18(20)26/h2-13H,14H2,1H3,(H,28,30,32). The number of benzene rings is 3. The number of halogens is 2. The minimum atomic E-state index is -0.894. The number of carbonyl (C=O) groups excluding carboxylic acids is 3. The van der Waals surface area contributed by atoms with E-state index >= 15 is 0 Å². The molecule has 3 aromatic rings. The van der Waals surface area contributed by atoms with Crippen LogP contribution in [-0.4, -0.2) is 25.0 Å². The van der Waals surface area contributed by atoms with Crippen molar-refractivity contribution >= 4 is 41.2 Å². The van der Waals surface area contributed by atoms with Gasteiger partial charge >= 0.3 is 6.03 Å². The van der Waals surface area contributed by atoms with Crippen molar-refractivity contribution in [1.82, 2.24) is 5.32 Å². The summed E-state index contributed by atoms with van der Waals surface area (Å²) in [5, 5.41) is 2.33. The molecule has 0 unspecified atom stereocenters. The molecule has 0 spiro atoms. The van der Waals surface area contributed by atoms with E-state index in [1.807, 2.05) is 0 Å². The summed E-state index contributed by atoms with van der Waals surface area (Å²) in [5.74, 6) is -1.38. The molecule has 0 aliphatic carbocycles. The number of rotatable bonds is 6. The molecule has 1 aliphatic heterocycles. The highest BCUT2D eigenvalue weighted by Crippen LogP contribution is 2.32. The molecule has 0 saturated carbocycles. The van der Waals surface area contributed by atoms with E-state index in [1.165, 1.54) is 31.4 Å². The zero-order valence-corrected chi connectivity index (χ0v) is 18.6. The molecule has 4 amide bonds. The maximum absolute atomic E-state index is 13.9. The van der Waals surface area contributed by atoms with Crippen LogP contribution in [0.3, 0.4) is 0 Å². The first-order chi connectivity index (χ1) is 16.4. The molecule has 34 heavy (non-hydrogen) atoms. The van der Waals surface area contributed by atoms with E-state index in [0.29, 0.717) is 22.6 Å². The van der Waals surface area contributed by atoms with Crippen molar-refractivity contribution in [3.63, 3.8) is 0 Å². The molecular weight excluding hydrogens is 463 g/mol. The van der Waals surface area contributed by atoms with Gasteiger partial charge in [-0.3, -0.25) is 14.9 Å². The lowest BCUT2D eigenvalue weighted by molar-refractivity contribution is -0.122. The number of amides is 4. The van der Waals surface area contributed by atoms with Gasteiger partial charge in [-0.1, -0.05) is 48.0 Å². The van der Waals surface area contributed by atoms with Crippen LogP contribution in [0.5, 0.6) is 11.5 Å². The predicted molar refractivity (Wildman–Crippen MR) is 124 cm³/mol. The fraction of sp³-hybridized carbons (Fsp3) is 0.0800. The van der Waals surface area contributed by atoms with Crippen molar-refractivity contribution in [2.75, 3.05) is 12.0 Å². The SMILES string of the molecule is COc1cc(C=C2C(=O)NC(=O)N(c3ccccc3Cl)C2=O)ccc1OCc1ccccc1F. The lowest BCUT2D eigenvalue weighted by Gasteiger charge is -2.27. The Bertz CT molecular complexity index is 1320. The monoisotopic (exact) mass is 480 g/mol. The molecule has 0 radical (unpaired) electrons. The number of urea groups is 1. The Labute approximate surface area is 199 Å². The van der Waals surface area contributed by atoms with Crippen molar-refractivity contribution in [2.24, 2.45) is 0 Å². The Hall–Kier alpha value is -4.17. The van der Waals surface area contributed by atoms with E-state index in [0.717, 1.165) is 4.90 Å². The molecule has 7 nitrogen and oxygen atoms in total. The fourth-order valence-corrected chi connectivity index (χ4v) is 3.56. The van der Waals surface area contributed by atoms with Gasteiger partial charge in [-0.25, -0.2) is 14.1 Å². The molecule has 0 atom stereocenters. The third-order valence-electron chi connectivity index (χ3n) is 5.03. The number of para-hydroxylation sites is 1. The highest BCUT2D eigenvalue weighted by molar-refractivity contribution is 6.42. The topological polar surface area (TPSA) is 84.9 Å². The van der Waals surface area contributed by atoms with Gasteiger partial charge in [0.15, 0.2) is 11.5 Å². The first kappa shape index (κ1) is 23.0. The third-order valence-corrected chi connectivity index (χ3v) is 5.35. The number of methoxy groups -OCH3 is 1. The van der Waals surface area contributed by atoms with E-state index in [4.69, 9.17) is 21.1 Å². The Kier molecular flexibility index (Phi) is 6.60. The number of nitrogens with one attached hydrogen (secondary N) is 1. The van der Waals surface area contributed by atoms with Crippen LogP contribution in [0.25, 0.3) is 6.08 Å². The predicted octanol–water partition coefficient (Wildman–Crippen LogP) is 4.73. The Morgan fingerprint density at radius 3 is 2.47 bits per heavy atom. The van der Waals surface area contributed by atoms with Crippen LogP contribution < -0.4 is 19.7 Å². The number of ether oxygens (including phenoxy) is 2. The number of barbiturate groups is 1. The maximum atomic E-state index is 13.9. The number of carbonyl (C=O) groups is 3. The average molecular weight is 481 g/mol. The second-order valence-corrected chi connectivity index (χ2v) is 7.61. The van der Waals surface area contributed by atoms with Crippen LogP contribution in [-0.2, 0) is 16.2 Å². The summed E-state index contributed by atoms with van der Waals surface area (Å²) in [6.07, 6.45) is 1.33. The highest BCUT2D eigenvalue weighted by atomic mass is 35.5. The molecule has 0 bridgehead atoms. The van der Waals surface area contributed by atoms with Crippen LogP contribution in [0.4, 0.5) is 14.9 Å². The molecule has 1 saturated heterocycles. The van der Waals surface area contributed by atoms with Crippen LogP contribution in [0, 0.1) is 5.82 Å². The summed E-state index contributed by atoms with van der Waals surface area (Å²) < 4.78 is 24.9. The number of anilines is 1. The summed E-state index contributed by atoms with van der Waals surface area (Å²) in [4.78, 5) is 38.6. The van der Waals surface area contributed by atoms with Gasteiger partial charge in [-0.2, -0.15) is 0 Å². The Morgan fingerprint density at radius 2 is 1.74 bits per heavy atom. The van der Waals surface area contributed by atoms with Gasteiger partial charge in [0.05, 0.1) is 17.8 Å². The molecule has 1 heterocycles. The van der Waals surface area contributed by atoms with E-state index in [2.05, 4.69) is 5.32 Å². The summed E-state index contributed by atoms with van der Waals surface area (Å²) >= 11 is 6.14. The molecule has 172 valence electrons. The summed E-state index contributed by atoms with van der Waals surface area (Å²) in [7, 11) is 1.43. The molecule has 0 aromatic heterocycles. The lowest BCUT2D eigenvalue weighted by Crippen LogP contribution is -2.54. The van der Waals surface area contributed by atoms with Gasteiger partial charge in [0.1, 0.15) is 18.0 Å². The largest absolute Gasteiger partial charge is 0.493 e. The normalized spacial score (nSPS) is 14.9. The van der Waals surface area contributed by atoms with Crippen LogP contribution in [0.2, 0.25) is 5.02 Å². The Morgan fingerprint density at radius 1 is 1.00 bits per heavy atom. The van der Waals surface area contributed by atoms with Crippen molar-refractivity contribution in [3.8, 4) is 11.5 Å². The quantitative estimate of drug-likeness (QED) is 0.407. The van der Waals surface area contributed by atoms with Crippen molar-refractivity contribution in [2.45, 2.75) is 6.61 Å². The van der Waals surface area contributed by atoms with Gasteiger partial charge in [-0.15, -0.1) is 0 Å². The van der Waals surface area contributed by atoms with E-state index in [9.17, 15) is 18.8 Å². The number of imide groups is 2. The summed E-state index contributed by atoms with van der Waals surface area (Å²) in [6.45, 7) is -0.0146. The number of nitrogens with zero attached hydrogens (tertiary/aromatic N) is 1. The van der Waals surface area contributed by atoms with Gasteiger partial charge < -0.3 is 9.47 Å². The zero-order chi connectivity index (χ0) is 24.2. The first-order valence-corrected chi connectivity index (χ1v) is 10.5. The van der Waals surface area contributed by atoms with E-state index in [-0.39, 0.29) is 28.7 Å². The highest BCUT2D eigenvalue weighted by Gasteiger charge is 2.37. The Balaban J connectivity index is 1.61. The van der Waals surface area contributed by atoms with Crippen molar-refractivity contribution in [1.29, 1.82) is 0 Å². The third kappa shape index (κ3) is 4.62. The maximum Gasteiger partial charge on any atom is 0.335 e. The van der Waals surface area contributed by atoms with Crippen molar-refractivity contribution in [3.05, 3.63) is 94.3 Å². The van der Waals surface area contributed by atoms with Crippen LogP contribution in [0.1, 0.15) is 11.1 Å². The van der Waals surface area contributed by atoms with Crippen molar-refractivity contribution < 1.29 is 28.2 Å². The van der Waals surface area contributed by atoms with Crippen LogP contribution >= 0.6 is 11.6 Å². The lowest BCUT2D eigenvalue weighted by atomic mass is 10.1. The number of hydrogen-bond acceptors (Lipinski definition) is 5. The smallest absolute Gasteiger partial charge is 0.335 e. The molecule has 3 aromatic carbocycles. The van der Waals surface area contributed by atoms with Gasteiger partial charge in [0, 0.05) is 5.56 Å². The van der Waals surface area contributed by atoms with Crippen LogP contribution in [0.15, 0.2) is 72.3 Å². The zero-order valence-electron chi connectivity index (χ0n) is 17.9. The van der Waals surface area contributed by atoms with Gasteiger partial charge in [0.2, 0.25) is 0 Å². The summed E-state index contributed by atoms with van der Waals surface area (Å²) in [5.41, 5.74) is 0.715. The molecule has 1 aliphatic rings. The minimum Gasteiger partial charge on any atom is -0.493 e. The first-order valence-electron chi connectivity index (χ1n) is 10.1. The van der Waals surface area contributed by atoms with Gasteiger partial charge in [-0.05, 0) is 42.0 Å². The number of hydrogen-bond donors (Lipinski definition) is 1. The minimum absolute atomic E-state index is 0.0146. The second-order valence-electron chi connectivity index (χ2n) is 7.20.